The van der Waals surface area contributed by atoms with Gasteiger partial charge in [-0.25, -0.2) is 0 Å². The Morgan fingerprint density at radius 2 is 2.00 bits per heavy atom. The van der Waals surface area contributed by atoms with Crippen LogP contribution in [-0.2, 0) is 11.2 Å². The molecule has 2 aromatic rings. The molecule has 118 valence electrons. The molecule has 0 radical (unpaired) electrons. The zero-order valence-electron chi connectivity index (χ0n) is 12.2. The maximum absolute atomic E-state index is 12.4. The molecular formula is C17H15ClN2O3. The van der Waals surface area contributed by atoms with Crippen molar-refractivity contribution in [3.63, 3.8) is 0 Å². The maximum Gasteiger partial charge on any atom is 0.255 e. The van der Waals surface area contributed by atoms with E-state index in [1.54, 1.807) is 18.2 Å². The van der Waals surface area contributed by atoms with Crippen LogP contribution in [0.5, 0.6) is 5.75 Å². The molecule has 23 heavy (non-hydrogen) atoms. The molecular weight excluding hydrogens is 316 g/mol. The third-order valence-corrected chi connectivity index (χ3v) is 3.93. The van der Waals surface area contributed by atoms with Crippen LogP contribution in [0.2, 0.25) is 5.02 Å². The van der Waals surface area contributed by atoms with Crippen LogP contribution in [0.3, 0.4) is 0 Å². The van der Waals surface area contributed by atoms with E-state index < -0.39 is 0 Å². The maximum atomic E-state index is 12.4. The summed E-state index contributed by atoms with van der Waals surface area (Å²) in [5.74, 6) is -0.407. The molecule has 3 N–H and O–H groups in total. The molecule has 0 atom stereocenters. The van der Waals surface area contributed by atoms with Crippen LogP contribution in [0.15, 0.2) is 36.4 Å². The number of hydrogen-bond acceptors (Lipinski definition) is 3. The van der Waals surface area contributed by atoms with Gasteiger partial charge in [0.05, 0.1) is 5.69 Å². The van der Waals surface area contributed by atoms with Crippen LogP contribution < -0.4 is 10.6 Å². The van der Waals surface area contributed by atoms with Crippen molar-refractivity contribution in [1.29, 1.82) is 0 Å². The van der Waals surface area contributed by atoms with Crippen molar-refractivity contribution in [3.05, 3.63) is 52.5 Å². The van der Waals surface area contributed by atoms with Gasteiger partial charge in [0, 0.05) is 22.7 Å². The lowest BCUT2D eigenvalue weighted by atomic mass is 10.0. The summed E-state index contributed by atoms with van der Waals surface area (Å²) in [6.45, 7) is 0. The summed E-state index contributed by atoms with van der Waals surface area (Å²) < 4.78 is 0. The highest BCUT2D eigenvalue weighted by atomic mass is 35.5. The zero-order chi connectivity index (χ0) is 16.4. The fourth-order valence-electron chi connectivity index (χ4n) is 2.52. The van der Waals surface area contributed by atoms with E-state index in [1.165, 1.54) is 18.2 Å². The lowest BCUT2D eigenvalue weighted by Gasteiger charge is -2.11. The smallest absolute Gasteiger partial charge is 0.255 e. The fraction of sp³-hybridized carbons (Fsp3) is 0.176. The minimum Gasteiger partial charge on any atom is -0.506 e. The van der Waals surface area contributed by atoms with Gasteiger partial charge in [-0.05, 0) is 54.8 Å². The monoisotopic (exact) mass is 330 g/mol. The number of benzene rings is 2. The van der Waals surface area contributed by atoms with E-state index in [0.717, 1.165) is 24.1 Å². The number of rotatable bonds is 2. The van der Waals surface area contributed by atoms with Crippen LogP contribution >= 0.6 is 11.6 Å². The predicted molar refractivity (Wildman–Crippen MR) is 89.1 cm³/mol. The number of phenolic OH excluding ortho intramolecular Hbond substituents is 1. The van der Waals surface area contributed by atoms with Crippen molar-refractivity contribution in [2.75, 3.05) is 10.6 Å². The first-order valence-corrected chi connectivity index (χ1v) is 7.63. The van der Waals surface area contributed by atoms with Gasteiger partial charge in [-0.3, -0.25) is 9.59 Å². The summed E-state index contributed by atoms with van der Waals surface area (Å²) in [7, 11) is 0. The van der Waals surface area contributed by atoms with E-state index in [-0.39, 0.29) is 23.3 Å². The second kappa shape index (κ2) is 6.30. The molecule has 5 nitrogen and oxygen atoms in total. The summed E-state index contributed by atoms with van der Waals surface area (Å²) >= 11 is 5.87. The van der Waals surface area contributed by atoms with Gasteiger partial charge in [-0.1, -0.05) is 11.6 Å². The number of aromatic hydroxyl groups is 1. The van der Waals surface area contributed by atoms with Crippen molar-refractivity contribution in [1.82, 2.24) is 0 Å². The van der Waals surface area contributed by atoms with Gasteiger partial charge >= 0.3 is 0 Å². The molecule has 0 saturated heterocycles. The third kappa shape index (κ3) is 3.46. The first-order valence-electron chi connectivity index (χ1n) is 7.25. The van der Waals surface area contributed by atoms with E-state index in [1.807, 2.05) is 0 Å². The highest BCUT2D eigenvalue weighted by molar-refractivity contribution is 6.31. The number of phenols is 1. The van der Waals surface area contributed by atoms with Gasteiger partial charge < -0.3 is 15.7 Å². The van der Waals surface area contributed by atoms with Crippen LogP contribution in [0, 0.1) is 0 Å². The van der Waals surface area contributed by atoms with Crippen molar-refractivity contribution >= 4 is 34.8 Å². The molecule has 2 amide bonds. The fourth-order valence-corrected chi connectivity index (χ4v) is 2.69. The van der Waals surface area contributed by atoms with Gasteiger partial charge in [-0.15, -0.1) is 0 Å². The second-order valence-electron chi connectivity index (χ2n) is 5.39. The minimum atomic E-state index is -0.346. The van der Waals surface area contributed by atoms with Crippen molar-refractivity contribution < 1.29 is 14.7 Å². The van der Waals surface area contributed by atoms with Gasteiger partial charge in [0.25, 0.3) is 5.91 Å². The van der Waals surface area contributed by atoms with Crippen molar-refractivity contribution in [3.8, 4) is 5.75 Å². The van der Waals surface area contributed by atoms with E-state index in [9.17, 15) is 14.7 Å². The first-order chi connectivity index (χ1) is 11.0. The Hall–Kier alpha value is -2.53. The Morgan fingerprint density at radius 1 is 1.17 bits per heavy atom. The van der Waals surface area contributed by atoms with E-state index >= 15 is 0 Å². The average Bonchev–Trinajstić information content (AvgIpc) is 2.70. The lowest BCUT2D eigenvalue weighted by Crippen LogP contribution is -2.13. The van der Waals surface area contributed by atoms with Gasteiger partial charge in [-0.2, -0.15) is 0 Å². The molecule has 0 fully saturated rings. The summed E-state index contributed by atoms with van der Waals surface area (Å²) in [4.78, 5) is 23.9. The molecule has 0 unspecified atom stereocenters. The Labute approximate surface area is 138 Å². The molecule has 1 aliphatic rings. The van der Waals surface area contributed by atoms with E-state index in [4.69, 9.17) is 11.6 Å². The highest BCUT2D eigenvalue weighted by Gasteiger charge is 2.16. The molecule has 1 heterocycles. The molecule has 0 aliphatic carbocycles. The Bertz CT molecular complexity index is 789. The SMILES string of the molecule is O=C1CCCc2cc(C(=O)Nc3cc(Cl)ccc3O)ccc2N1. The predicted octanol–water partition coefficient (Wildman–Crippen LogP) is 3.57. The second-order valence-corrected chi connectivity index (χ2v) is 5.83. The largest absolute Gasteiger partial charge is 0.506 e. The minimum absolute atomic E-state index is 0.00944. The molecule has 1 aliphatic heterocycles. The molecule has 3 rings (SSSR count). The van der Waals surface area contributed by atoms with E-state index in [2.05, 4.69) is 10.6 Å². The number of nitrogens with one attached hydrogen (secondary N) is 2. The van der Waals surface area contributed by atoms with Crippen molar-refractivity contribution in [2.45, 2.75) is 19.3 Å². The number of carbonyl (C=O) groups excluding carboxylic acids is 2. The number of aryl methyl sites for hydroxylation is 1. The lowest BCUT2D eigenvalue weighted by molar-refractivity contribution is -0.116. The summed E-state index contributed by atoms with van der Waals surface area (Å²) in [5, 5.41) is 15.7. The number of anilines is 2. The van der Waals surface area contributed by atoms with Crippen molar-refractivity contribution in [2.24, 2.45) is 0 Å². The number of amides is 2. The topological polar surface area (TPSA) is 78.4 Å². The summed E-state index contributed by atoms with van der Waals surface area (Å²) in [6.07, 6.45) is 1.96. The standard InChI is InChI=1S/C17H15ClN2O3/c18-12-5-7-15(21)14(9-12)20-17(23)11-4-6-13-10(8-11)2-1-3-16(22)19-13/h4-9,21H,1-3H2,(H,19,22)(H,20,23). The Kier molecular flexibility index (Phi) is 4.21. The number of hydrogen-bond donors (Lipinski definition) is 3. The Balaban J connectivity index is 1.84. The molecule has 6 heteroatoms. The average molecular weight is 331 g/mol. The Morgan fingerprint density at radius 3 is 2.83 bits per heavy atom. The highest BCUT2D eigenvalue weighted by Crippen LogP contribution is 2.28. The van der Waals surface area contributed by atoms with Crippen LogP contribution in [0.4, 0.5) is 11.4 Å². The third-order valence-electron chi connectivity index (χ3n) is 3.70. The number of fused-ring (bicyclic) bond motifs is 1. The van der Waals surface area contributed by atoms with Gasteiger partial charge in [0.15, 0.2) is 0 Å². The molecule has 0 spiro atoms. The normalized spacial score (nSPS) is 13.7. The molecule has 2 aromatic carbocycles. The van der Waals surface area contributed by atoms with E-state index in [0.29, 0.717) is 17.0 Å². The molecule has 0 bridgehead atoms. The van der Waals surface area contributed by atoms with Gasteiger partial charge in [0.2, 0.25) is 5.91 Å². The number of carbonyl (C=O) groups is 2. The van der Waals surface area contributed by atoms with Crippen LogP contribution in [-0.4, -0.2) is 16.9 Å². The zero-order valence-corrected chi connectivity index (χ0v) is 13.0. The van der Waals surface area contributed by atoms with Crippen LogP contribution in [0.25, 0.3) is 0 Å². The quantitative estimate of drug-likeness (QED) is 0.736. The molecule has 0 aromatic heterocycles. The molecule has 0 saturated carbocycles. The first kappa shape index (κ1) is 15.4. The van der Waals surface area contributed by atoms with Crippen LogP contribution in [0.1, 0.15) is 28.8 Å². The number of halogens is 1. The summed E-state index contributed by atoms with van der Waals surface area (Å²) in [6, 6.07) is 9.57. The summed E-state index contributed by atoms with van der Waals surface area (Å²) in [5.41, 5.74) is 2.39. The van der Waals surface area contributed by atoms with Gasteiger partial charge in [0.1, 0.15) is 5.75 Å².